The molecule has 3 atom stereocenters. The molecule has 6 aromatic rings. The lowest BCUT2D eigenvalue weighted by molar-refractivity contribution is -0.148. The maximum atomic E-state index is 14.2. The van der Waals surface area contributed by atoms with Gasteiger partial charge in [-0.05, 0) is 83.5 Å². The summed E-state index contributed by atoms with van der Waals surface area (Å²) in [6.45, 7) is 3.56. The number of unbranched alkanes of at least 4 members (excludes halogenated alkanes) is 3. The first-order chi connectivity index (χ1) is 34.5. The third-order valence-corrected chi connectivity index (χ3v) is 17.3. The summed E-state index contributed by atoms with van der Waals surface area (Å²) in [5.41, 5.74) is 7.03. The zero-order valence-corrected chi connectivity index (χ0v) is 42.6. The number of thioether (sulfide) groups is 1. The van der Waals surface area contributed by atoms with Crippen molar-refractivity contribution in [2.45, 2.75) is 75.9 Å². The van der Waals surface area contributed by atoms with E-state index in [1.54, 1.807) is 16.7 Å². The lowest BCUT2D eigenvalue weighted by Gasteiger charge is -2.47. The molecule has 1 amide bonds. The van der Waals surface area contributed by atoms with Crippen molar-refractivity contribution in [1.82, 2.24) is 4.90 Å². The van der Waals surface area contributed by atoms with Crippen LogP contribution in [0.15, 0.2) is 121 Å². The van der Waals surface area contributed by atoms with Crippen LogP contribution in [-0.4, -0.2) is 46.8 Å². The van der Waals surface area contributed by atoms with Crippen LogP contribution < -0.4 is 19.1 Å². The second-order valence-corrected chi connectivity index (χ2v) is 21.2. The van der Waals surface area contributed by atoms with Gasteiger partial charge in [0.05, 0.1) is 36.9 Å². The Morgan fingerprint density at radius 2 is 1.56 bits per heavy atom. The highest BCUT2D eigenvalue weighted by molar-refractivity contribution is 8.00. The van der Waals surface area contributed by atoms with E-state index in [1.807, 2.05) is 97.2 Å². The van der Waals surface area contributed by atoms with Crippen molar-refractivity contribution in [3.8, 4) is 23.0 Å². The van der Waals surface area contributed by atoms with Crippen molar-refractivity contribution in [3.63, 3.8) is 0 Å². The van der Waals surface area contributed by atoms with Crippen LogP contribution in [-0.2, 0) is 45.8 Å². The number of halogens is 4. The lowest BCUT2D eigenvalue weighted by Crippen LogP contribution is -2.58. The molecular weight excluding hydrogens is 999 g/mol. The number of aryl methyl sites for hydroxylation is 1. The van der Waals surface area contributed by atoms with Crippen LogP contribution in [0.3, 0.4) is 0 Å². The minimum atomic E-state index is -1.58. The molecule has 0 bridgehead atoms. The fourth-order valence-electron chi connectivity index (χ4n) is 10.5. The van der Waals surface area contributed by atoms with Crippen molar-refractivity contribution in [3.05, 3.63) is 186 Å². The van der Waals surface area contributed by atoms with E-state index in [0.717, 1.165) is 72.3 Å². The molecule has 0 N–H and O–H groups in total. The highest BCUT2D eigenvalue weighted by Gasteiger charge is 2.57. The van der Waals surface area contributed by atoms with Gasteiger partial charge in [0.15, 0.2) is 5.60 Å². The summed E-state index contributed by atoms with van der Waals surface area (Å²) in [6.07, 6.45) is 8.17. The molecule has 9 nitrogen and oxygen atoms in total. The highest BCUT2D eigenvalue weighted by Crippen LogP contribution is 2.62. The molecule has 0 aromatic heterocycles. The van der Waals surface area contributed by atoms with Crippen LogP contribution >= 0.6 is 58.2 Å². The number of carbonyl (C=O) groups excluding carboxylic acids is 3. The topological polar surface area (TPSA) is 94.6 Å². The van der Waals surface area contributed by atoms with E-state index >= 15 is 0 Å². The van der Waals surface area contributed by atoms with Crippen LogP contribution in [0.25, 0.3) is 0 Å². The second-order valence-electron chi connectivity index (χ2n) is 18.6. The van der Waals surface area contributed by atoms with Gasteiger partial charge in [-0.2, -0.15) is 0 Å². The van der Waals surface area contributed by atoms with E-state index in [-0.39, 0.29) is 61.7 Å². The molecule has 1 fully saturated rings. The van der Waals surface area contributed by atoms with Crippen molar-refractivity contribution in [2.24, 2.45) is 5.92 Å². The predicted octanol–water partition coefficient (Wildman–Crippen LogP) is 14.3. The van der Waals surface area contributed by atoms with Crippen LogP contribution in [0.4, 0.5) is 11.4 Å². The number of benzene rings is 6. The zero-order valence-electron chi connectivity index (χ0n) is 38.8. The first kappa shape index (κ1) is 47.7. The van der Waals surface area contributed by atoms with E-state index in [9.17, 15) is 14.4 Å². The molecule has 0 radical (unpaired) electrons. The Kier molecular flexibility index (Phi) is 13.3. The molecule has 5 heterocycles. The van der Waals surface area contributed by atoms with Crippen molar-refractivity contribution in [2.75, 3.05) is 23.8 Å². The van der Waals surface area contributed by atoms with Gasteiger partial charge in [-0.3, -0.25) is 9.59 Å². The summed E-state index contributed by atoms with van der Waals surface area (Å²) in [6, 6.07) is 35.6. The van der Waals surface area contributed by atoms with Gasteiger partial charge in [-0.1, -0.05) is 133 Å². The fourth-order valence-corrected chi connectivity index (χ4v) is 12.8. The van der Waals surface area contributed by atoms with Gasteiger partial charge in [0.1, 0.15) is 42.0 Å². The van der Waals surface area contributed by atoms with Crippen molar-refractivity contribution >= 4 is 87.2 Å². The largest absolute Gasteiger partial charge is 0.489 e. The monoisotopic (exact) mass is 1040 g/mol. The molecule has 362 valence electrons. The summed E-state index contributed by atoms with van der Waals surface area (Å²) >= 11 is 29.0. The van der Waals surface area contributed by atoms with Crippen LogP contribution in [0, 0.1) is 5.92 Å². The lowest BCUT2D eigenvalue weighted by atomic mass is 9.76. The second kappa shape index (κ2) is 19.8. The molecule has 1 unspecified atom stereocenters. The average Bonchev–Trinajstić information content (AvgIpc) is 3.96. The number of nitrogens with zero attached hydrogens (tertiary/aromatic N) is 2. The molecule has 1 spiro atoms. The Balaban J connectivity index is 0.843. The maximum absolute atomic E-state index is 14.2. The van der Waals surface area contributed by atoms with E-state index in [0.29, 0.717) is 64.9 Å². The number of β-lactam (4-membered cyclic amide) rings is 1. The average molecular weight is 1050 g/mol. The Morgan fingerprint density at radius 1 is 0.789 bits per heavy atom. The Labute approximate surface area is 436 Å². The van der Waals surface area contributed by atoms with Gasteiger partial charge in [0.2, 0.25) is 5.91 Å². The molecule has 14 heteroatoms. The minimum Gasteiger partial charge on any atom is -0.489 e. The van der Waals surface area contributed by atoms with Crippen molar-refractivity contribution in [1.29, 1.82) is 0 Å². The Morgan fingerprint density at radius 3 is 2.38 bits per heavy atom. The number of amides is 1. The van der Waals surface area contributed by atoms with E-state index in [2.05, 4.69) is 30.0 Å². The first-order valence-corrected chi connectivity index (χ1v) is 26.6. The third kappa shape index (κ3) is 8.73. The number of fused-ring (bicyclic) bond motifs is 8. The summed E-state index contributed by atoms with van der Waals surface area (Å²) in [4.78, 5) is 44.0. The van der Waals surface area contributed by atoms with E-state index in [1.165, 1.54) is 5.56 Å². The van der Waals surface area contributed by atoms with Gasteiger partial charge in [-0.15, -0.1) is 11.8 Å². The van der Waals surface area contributed by atoms with Gasteiger partial charge in [-0.25, -0.2) is 4.79 Å². The van der Waals surface area contributed by atoms with Crippen LogP contribution in [0.5, 0.6) is 23.0 Å². The highest BCUT2D eigenvalue weighted by atomic mass is 35.5. The van der Waals surface area contributed by atoms with Gasteiger partial charge in [0.25, 0.3) is 0 Å². The first-order valence-electron chi connectivity index (χ1n) is 24.0. The maximum Gasteiger partial charge on any atom is 0.341 e. The number of hydrogen-bond acceptors (Lipinski definition) is 9. The SMILES string of the molecule is CCCCCCc1cc2c(cc1OCc1ccc(OCC3=CN4C(=O)[C@H](CC(=O)Cc5ccccc5)[C@@H]4SC3)cc1)Oc1cc(N3CCc4ccccc43)ccc1C21OC(=O)c2c(Cl)c(Cl)c(Cl)c(Cl)c21. The number of ketones is 1. The molecular formula is C57H48Cl4N2O7S. The molecule has 6 aromatic carbocycles. The standard InChI is InChI=1S/C57H48Cl4N2O7S/c1-2-3-4-8-14-37-25-43-47(28-45(37)68-30-34-16-19-40(20-17-34)67-31-35-29-63-54(65)41(55(63)71-32-35)27-39(64)24-33-11-6-5-7-12-33)69-46-26-38(62-23-22-36-13-9-10-15-44(36)62)18-21-42(46)57(43)49-48(56(66)70-57)50(58)52(60)53(61)51(49)59/h5-7,9-13,15-21,25-26,28-29,41,55H,2-4,8,14,22-24,27,30-32H2,1H3/t41-,55-,57?/m0/s1. The van der Waals surface area contributed by atoms with E-state index in [4.69, 9.17) is 65.4 Å². The summed E-state index contributed by atoms with van der Waals surface area (Å²) in [7, 11) is 0. The van der Waals surface area contributed by atoms with Crippen LogP contribution in [0.2, 0.25) is 20.1 Å². The smallest absolute Gasteiger partial charge is 0.341 e. The molecule has 0 saturated carbocycles. The zero-order chi connectivity index (χ0) is 49.0. The summed E-state index contributed by atoms with van der Waals surface area (Å²) in [5.74, 6) is 2.04. The summed E-state index contributed by atoms with van der Waals surface area (Å²) < 4.78 is 26.4. The molecule has 0 aliphatic carbocycles. The normalized spacial score (nSPS) is 19.2. The third-order valence-electron chi connectivity index (χ3n) is 14.1. The van der Waals surface area contributed by atoms with Crippen LogP contribution in [0.1, 0.15) is 88.3 Å². The number of hydrogen-bond donors (Lipinski definition) is 0. The Bertz CT molecular complexity index is 3150. The molecule has 1 saturated heterocycles. The van der Waals surface area contributed by atoms with Crippen molar-refractivity contribution < 1.29 is 33.3 Å². The number of anilines is 2. The number of Topliss-reactive ketones (excluding diaryl/α,β-unsaturated/α-hetero) is 1. The molecule has 5 aliphatic heterocycles. The van der Waals surface area contributed by atoms with Gasteiger partial charge in [0, 0.05) is 71.5 Å². The number of rotatable bonds is 16. The predicted molar refractivity (Wildman–Crippen MR) is 280 cm³/mol. The minimum absolute atomic E-state index is 0.0144. The van der Waals surface area contributed by atoms with E-state index < -0.39 is 11.6 Å². The quantitative estimate of drug-likeness (QED) is 0.0309. The number of ether oxygens (including phenoxy) is 4. The number of para-hydroxylation sites is 1. The Hall–Kier alpha value is -5.62. The fraction of sp³-hybridized carbons (Fsp3) is 0.281. The summed E-state index contributed by atoms with van der Waals surface area (Å²) in [5, 5.41) is 0.0155. The molecule has 5 aliphatic rings. The molecule has 71 heavy (non-hydrogen) atoms. The molecule has 11 rings (SSSR count). The van der Waals surface area contributed by atoms with Gasteiger partial charge < -0.3 is 28.7 Å². The number of esters is 1. The number of carbonyl (C=O) groups is 3. The van der Waals surface area contributed by atoms with Gasteiger partial charge >= 0.3 is 5.97 Å².